The number of rotatable bonds is 4. The van der Waals surface area contributed by atoms with Crippen LogP contribution in [0.3, 0.4) is 0 Å². The number of para-hydroxylation sites is 2. The molecule has 5 unspecified atom stereocenters. The molecular weight excluding hydrogens is 324 g/mol. The summed E-state index contributed by atoms with van der Waals surface area (Å²) in [6.07, 6.45) is 0.747. The zero-order chi connectivity index (χ0) is 17.4. The van der Waals surface area contributed by atoms with E-state index in [1.165, 1.54) is 0 Å². The highest BCUT2D eigenvalue weighted by atomic mass is 16.7. The first kappa shape index (κ1) is 16.3. The Hall–Kier alpha value is -2.16. The Labute approximate surface area is 145 Å². The van der Waals surface area contributed by atoms with Crippen LogP contribution in [0.2, 0.25) is 0 Å². The van der Waals surface area contributed by atoms with Crippen molar-refractivity contribution in [3.63, 3.8) is 0 Å². The molecule has 8 nitrogen and oxygen atoms in total. The minimum absolute atomic E-state index is 0.311. The number of nitrogens with one attached hydrogen (secondary N) is 2. The molecule has 3 heterocycles. The summed E-state index contributed by atoms with van der Waals surface area (Å²) < 4.78 is 13.5. The Bertz CT molecular complexity index is 764. The predicted octanol–water partition coefficient (Wildman–Crippen LogP) is 0.771. The highest BCUT2D eigenvalue weighted by Gasteiger charge is 2.51. The number of fused-ring (bicyclic) bond motifs is 3. The van der Waals surface area contributed by atoms with Gasteiger partial charge in [-0.25, -0.2) is 9.78 Å². The van der Waals surface area contributed by atoms with Crippen molar-refractivity contribution in [3.05, 3.63) is 30.6 Å². The Balaban J connectivity index is 1.61. The first-order valence-electron chi connectivity index (χ1n) is 8.60. The number of ether oxygens (including phenoxy) is 2. The van der Waals surface area contributed by atoms with Gasteiger partial charge in [0.1, 0.15) is 18.2 Å². The van der Waals surface area contributed by atoms with Crippen LogP contribution in [0.5, 0.6) is 0 Å². The van der Waals surface area contributed by atoms with Gasteiger partial charge in [-0.15, -0.1) is 0 Å². The van der Waals surface area contributed by atoms with Gasteiger partial charge in [-0.3, -0.25) is 0 Å². The summed E-state index contributed by atoms with van der Waals surface area (Å²) in [5, 5.41) is 16.6. The fourth-order valence-corrected chi connectivity index (χ4v) is 3.53. The second-order valence-electron chi connectivity index (χ2n) is 6.42. The number of amides is 2. The van der Waals surface area contributed by atoms with Crippen molar-refractivity contribution >= 4 is 17.1 Å². The lowest BCUT2D eigenvalue weighted by Gasteiger charge is -2.39. The van der Waals surface area contributed by atoms with Crippen LogP contribution in [0, 0.1) is 0 Å². The standard InChI is InChI=1S/C17H22N4O4/c1-2-7-18-17(23)20-13-12-8-24-16(25-12)14(15(13)22)21-9-19-10-5-3-4-6-11(10)21/h3-6,9,12-16,22H,2,7-8H2,1H3,(H2,18,20,23). The van der Waals surface area contributed by atoms with E-state index in [-0.39, 0.29) is 12.1 Å². The number of aromatic nitrogens is 2. The van der Waals surface area contributed by atoms with Gasteiger partial charge in [0, 0.05) is 6.54 Å². The van der Waals surface area contributed by atoms with Crippen LogP contribution >= 0.6 is 0 Å². The van der Waals surface area contributed by atoms with Crippen molar-refractivity contribution in [2.75, 3.05) is 13.2 Å². The Morgan fingerprint density at radius 1 is 1.44 bits per heavy atom. The number of aliphatic hydroxyl groups excluding tert-OH is 1. The fourth-order valence-electron chi connectivity index (χ4n) is 3.53. The molecule has 1 aromatic heterocycles. The Kier molecular flexibility index (Phi) is 4.32. The molecule has 4 rings (SSSR count). The first-order chi connectivity index (χ1) is 12.2. The topological polar surface area (TPSA) is 97.6 Å². The van der Waals surface area contributed by atoms with Crippen LogP contribution in [0.4, 0.5) is 4.79 Å². The number of carbonyl (C=O) groups excluding carboxylic acids is 1. The van der Waals surface area contributed by atoms with E-state index in [2.05, 4.69) is 15.6 Å². The maximum Gasteiger partial charge on any atom is 0.315 e. The second kappa shape index (κ2) is 6.62. The van der Waals surface area contributed by atoms with Crippen molar-refractivity contribution in [2.45, 2.75) is 43.9 Å². The van der Waals surface area contributed by atoms with Gasteiger partial charge in [0.05, 0.1) is 30.0 Å². The molecule has 2 aliphatic heterocycles. The normalized spacial score (nSPS) is 31.2. The van der Waals surface area contributed by atoms with Gasteiger partial charge in [-0.05, 0) is 18.6 Å². The number of aliphatic hydroxyl groups is 1. The molecule has 2 aliphatic rings. The second-order valence-corrected chi connectivity index (χ2v) is 6.42. The monoisotopic (exact) mass is 346 g/mol. The highest BCUT2D eigenvalue weighted by molar-refractivity contribution is 5.75. The maximum atomic E-state index is 12.0. The maximum absolute atomic E-state index is 12.0. The third-order valence-electron chi connectivity index (χ3n) is 4.77. The van der Waals surface area contributed by atoms with E-state index in [9.17, 15) is 9.90 Å². The molecule has 0 aliphatic carbocycles. The van der Waals surface area contributed by atoms with Crippen LogP contribution < -0.4 is 10.6 Å². The molecule has 2 fully saturated rings. The summed E-state index contributed by atoms with van der Waals surface area (Å²) in [7, 11) is 0. The van der Waals surface area contributed by atoms with Crippen molar-refractivity contribution in [2.24, 2.45) is 0 Å². The molecule has 1 aromatic carbocycles. The van der Waals surface area contributed by atoms with E-state index in [0.29, 0.717) is 13.2 Å². The van der Waals surface area contributed by atoms with Gasteiger partial charge < -0.3 is 29.8 Å². The van der Waals surface area contributed by atoms with Crippen LogP contribution in [0.15, 0.2) is 30.6 Å². The Morgan fingerprint density at radius 2 is 2.28 bits per heavy atom. The number of imidazole rings is 1. The molecule has 25 heavy (non-hydrogen) atoms. The molecule has 8 heteroatoms. The number of carbonyl (C=O) groups is 1. The van der Waals surface area contributed by atoms with Crippen LogP contribution in [-0.2, 0) is 9.47 Å². The quantitative estimate of drug-likeness (QED) is 0.760. The number of nitrogens with zero attached hydrogens (tertiary/aromatic N) is 2. The number of urea groups is 1. The fraction of sp³-hybridized carbons (Fsp3) is 0.529. The molecule has 134 valence electrons. The third kappa shape index (κ3) is 2.86. The van der Waals surface area contributed by atoms with E-state index < -0.39 is 24.5 Å². The molecule has 2 saturated heterocycles. The largest absolute Gasteiger partial charge is 0.388 e. The average Bonchev–Trinajstić information content (AvgIpc) is 3.23. The molecule has 0 radical (unpaired) electrons. The molecule has 2 aromatic rings. The summed E-state index contributed by atoms with van der Waals surface area (Å²) in [6.45, 7) is 2.90. The Morgan fingerprint density at radius 3 is 3.12 bits per heavy atom. The van der Waals surface area contributed by atoms with Gasteiger partial charge in [0.2, 0.25) is 0 Å². The zero-order valence-electron chi connectivity index (χ0n) is 14.0. The first-order valence-corrected chi connectivity index (χ1v) is 8.60. The van der Waals surface area contributed by atoms with Crippen molar-refractivity contribution in [1.82, 2.24) is 20.2 Å². The molecule has 0 spiro atoms. The van der Waals surface area contributed by atoms with Crippen molar-refractivity contribution < 1.29 is 19.4 Å². The van der Waals surface area contributed by atoms with Crippen LogP contribution in [0.1, 0.15) is 19.4 Å². The van der Waals surface area contributed by atoms with Crippen LogP contribution in [-0.4, -0.2) is 58.4 Å². The van der Waals surface area contributed by atoms with Gasteiger partial charge >= 0.3 is 6.03 Å². The highest BCUT2D eigenvalue weighted by Crippen LogP contribution is 2.37. The molecule has 0 saturated carbocycles. The predicted molar refractivity (Wildman–Crippen MR) is 90.0 cm³/mol. The van der Waals surface area contributed by atoms with E-state index in [1.807, 2.05) is 35.8 Å². The lowest BCUT2D eigenvalue weighted by Crippen LogP contribution is -2.60. The van der Waals surface area contributed by atoms with E-state index in [1.54, 1.807) is 6.33 Å². The summed E-state index contributed by atoms with van der Waals surface area (Å²) in [5.41, 5.74) is 1.72. The molecule has 2 bridgehead atoms. The lowest BCUT2D eigenvalue weighted by atomic mass is 9.96. The van der Waals surface area contributed by atoms with Gasteiger partial charge in [0.15, 0.2) is 6.29 Å². The van der Waals surface area contributed by atoms with E-state index in [4.69, 9.17) is 9.47 Å². The number of hydrogen-bond acceptors (Lipinski definition) is 5. The minimum Gasteiger partial charge on any atom is -0.388 e. The van der Waals surface area contributed by atoms with Crippen LogP contribution in [0.25, 0.3) is 11.0 Å². The van der Waals surface area contributed by atoms with Gasteiger partial charge in [-0.2, -0.15) is 0 Å². The summed E-state index contributed by atoms with van der Waals surface area (Å²) in [5.74, 6) is 0. The summed E-state index contributed by atoms with van der Waals surface area (Å²) >= 11 is 0. The summed E-state index contributed by atoms with van der Waals surface area (Å²) in [6, 6.07) is 6.33. The average molecular weight is 346 g/mol. The summed E-state index contributed by atoms with van der Waals surface area (Å²) in [4.78, 5) is 16.4. The lowest BCUT2D eigenvalue weighted by molar-refractivity contribution is -0.162. The van der Waals surface area contributed by atoms with E-state index in [0.717, 1.165) is 17.5 Å². The molecule has 5 atom stereocenters. The smallest absolute Gasteiger partial charge is 0.315 e. The van der Waals surface area contributed by atoms with Gasteiger partial charge in [0.25, 0.3) is 0 Å². The molecule has 3 N–H and O–H groups in total. The SMILES string of the molecule is CCCNC(=O)NC1C2COC(O2)C(n2cnc3ccccc32)C1O. The third-order valence-corrected chi connectivity index (χ3v) is 4.77. The number of hydrogen-bond donors (Lipinski definition) is 3. The number of benzene rings is 1. The van der Waals surface area contributed by atoms with Crippen molar-refractivity contribution in [1.29, 1.82) is 0 Å². The minimum atomic E-state index is -0.851. The van der Waals surface area contributed by atoms with E-state index >= 15 is 0 Å². The molecule has 2 amide bonds. The van der Waals surface area contributed by atoms with Crippen molar-refractivity contribution in [3.8, 4) is 0 Å². The molecular formula is C17H22N4O4. The van der Waals surface area contributed by atoms with Gasteiger partial charge in [-0.1, -0.05) is 19.1 Å². The zero-order valence-corrected chi connectivity index (χ0v) is 14.0.